The number of carbonyl (C=O) groups excluding carboxylic acids is 1. The average Bonchev–Trinajstić information content (AvgIpc) is 2.76. The molecule has 2 rings (SSSR count). The normalized spacial score (nSPS) is 19.6. The van der Waals surface area contributed by atoms with E-state index in [2.05, 4.69) is 0 Å². The molecule has 1 aliphatic rings. The Hall–Kier alpha value is -1.39. The number of carbonyl (C=O) groups is 1. The van der Waals surface area contributed by atoms with Crippen LogP contribution < -0.4 is 0 Å². The van der Waals surface area contributed by atoms with E-state index < -0.39 is 0 Å². The number of nitrogens with zero attached hydrogens (tertiary/aromatic N) is 1. The Bertz CT molecular complexity index is 405. The molecule has 0 radical (unpaired) electrons. The summed E-state index contributed by atoms with van der Waals surface area (Å²) < 4.78 is 5.08. The first-order valence-electron chi connectivity index (χ1n) is 5.76. The number of benzene rings is 1. The molecule has 1 fully saturated rings. The van der Waals surface area contributed by atoms with Crippen molar-refractivity contribution in [1.29, 1.82) is 0 Å². The number of rotatable bonds is 3. The third-order valence-electron chi connectivity index (χ3n) is 3.00. The van der Waals surface area contributed by atoms with Gasteiger partial charge in [0.1, 0.15) is 0 Å². The van der Waals surface area contributed by atoms with Gasteiger partial charge in [0.05, 0.1) is 12.7 Å². The smallest absolute Gasteiger partial charge is 0.254 e. The van der Waals surface area contributed by atoms with Gasteiger partial charge in [-0.1, -0.05) is 18.2 Å². The van der Waals surface area contributed by atoms with E-state index in [1.807, 2.05) is 18.2 Å². The predicted molar refractivity (Wildman–Crippen MR) is 63.7 cm³/mol. The molecule has 1 amide bonds. The molecule has 1 saturated heterocycles. The van der Waals surface area contributed by atoms with Crippen molar-refractivity contribution in [2.45, 2.75) is 19.1 Å². The largest absolute Gasteiger partial charge is 0.391 e. The summed E-state index contributed by atoms with van der Waals surface area (Å²) in [6.45, 7) is 1.49. The van der Waals surface area contributed by atoms with Gasteiger partial charge in [-0.2, -0.15) is 0 Å². The first kappa shape index (κ1) is 12.1. The van der Waals surface area contributed by atoms with E-state index in [0.717, 1.165) is 5.56 Å². The summed E-state index contributed by atoms with van der Waals surface area (Å²) in [6, 6.07) is 7.44. The maximum atomic E-state index is 12.2. The van der Waals surface area contributed by atoms with Crippen LogP contribution in [0.25, 0.3) is 0 Å². The zero-order valence-corrected chi connectivity index (χ0v) is 9.93. The number of methoxy groups -OCH3 is 1. The summed E-state index contributed by atoms with van der Waals surface area (Å²) in [5, 5.41) is 9.45. The van der Waals surface area contributed by atoms with Gasteiger partial charge < -0.3 is 14.7 Å². The molecule has 17 heavy (non-hydrogen) atoms. The third kappa shape index (κ3) is 2.65. The lowest BCUT2D eigenvalue weighted by Gasteiger charge is -2.17. The van der Waals surface area contributed by atoms with Crippen molar-refractivity contribution in [2.75, 3.05) is 20.2 Å². The molecule has 92 valence electrons. The van der Waals surface area contributed by atoms with Crippen LogP contribution in [-0.4, -0.2) is 42.2 Å². The van der Waals surface area contributed by atoms with Crippen LogP contribution in [0.5, 0.6) is 0 Å². The fourth-order valence-electron chi connectivity index (χ4n) is 2.11. The Morgan fingerprint density at radius 1 is 1.53 bits per heavy atom. The van der Waals surface area contributed by atoms with Gasteiger partial charge in [0, 0.05) is 25.8 Å². The van der Waals surface area contributed by atoms with Crippen molar-refractivity contribution in [3.05, 3.63) is 35.4 Å². The SMILES string of the molecule is COCc1ccccc1C(=O)N1CCC(O)C1. The number of aliphatic hydroxyl groups excluding tert-OH is 1. The van der Waals surface area contributed by atoms with E-state index in [4.69, 9.17) is 4.74 Å². The lowest BCUT2D eigenvalue weighted by Crippen LogP contribution is -2.30. The average molecular weight is 235 g/mol. The number of amides is 1. The lowest BCUT2D eigenvalue weighted by atomic mass is 10.1. The molecule has 1 heterocycles. The molecule has 0 spiro atoms. The highest BCUT2D eigenvalue weighted by atomic mass is 16.5. The van der Waals surface area contributed by atoms with Crippen LogP contribution in [0.4, 0.5) is 0 Å². The number of likely N-dealkylation sites (tertiary alicyclic amines) is 1. The Kier molecular flexibility index (Phi) is 3.76. The number of hydrogen-bond acceptors (Lipinski definition) is 3. The number of aliphatic hydroxyl groups is 1. The molecule has 0 aliphatic carbocycles. The highest BCUT2D eigenvalue weighted by Gasteiger charge is 2.26. The van der Waals surface area contributed by atoms with Crippen LogP contribution in [-0.2, 0) is 11.3 Å². The molecule has 0 aromatic heterocycles. The van der Waals surface area contributed by atoms with Crippen LogP contribution in [0.15, 0.2) is 24.3 Å². The van der Waals surface area contributed by atoms with E-state index in [1.165, 1.54) is 0 Å². The summed E-state index contributed by atoms with van der Waals surface area (Å²) in [6.07, 6.45) is 0.284. The topological polar surface area (TPSA) is 49.8 Å². The first-order chi connectivity index (χ1) is 8.22. The fourth-order valence-corrected chi connectivity index (χ4v) is 2.11. The Labute approximate surface area is 101 Å². The second-order valence-corrected chi connectivity index (χ2v) is 4.28. The van der Waals surface area contributed by atoms with Gasteiger partial charge in [-0.15, -0.1) is 0 Å². The van der Waals surface area contributed by atoms with Gasteiger partial charge in [-0.25, -0.2) is 0 Å². The highest BCUT2D eigenvalue weighted by molar-refractivity contribution is 5.95. The number of β-amino-alcohol motifs (C(OH)–C–C–N with tert-alkyl or cyclic N) is 1. The quantitative estimate of drug-likeness (QED) is 0.851. The van der Waals surface area contributed by atoms with Crippen molar-refractivity contribution < 1.29 is 14.6 Å². The van der Waals surface area contributed by atoms with E-state index >= 15 is 0 Å². The lowest BCUT2D eigenvalue weighted by molar-refractivity contribution is 0.0760. The van der Waals surface area contributed by atoms with Crippen LogP contribution >= 0.6 is 0 Å². The fraction of sp³-hybridized carbons (Fsp3) is 0.462. The molecule has 0 saturated carbocycles. The van der Waals surface area contributed by atoms with Gasteiger partial charge in [0.2, 0.25) is 0 Å². The molecule has 4 heteroatoms. The maximum Gasteiger partial charge on any atom is 0.254 e. The molecule has 1 aliphatic heterocycles. The molecular weight excluding hydrogens is 218 g/mol. The molecular formula is C13H17NO3. The van der Waals surface area contributed by atoms with Gasteiger partial charge in [-0.3, -0.25) is 4.79 Å². The van der Waals surface area contributed by atoms with Crippen molar-refractivity contribution >= 4 is 5.91 Å². The van der Waals surface area contributed by atoms with E-state index in [9.17, 15) is 9.90 Å². The molecule has 1 atom stereocenters. The van der Waals surface area contributed by atoms with Crippen molar-refractivity contribution in [3.63, 3.8) is 0 Å². The summed E-state index contributed by atoms with van der Waals surface area (Å²) in [7, 11) is 1.61. The van der Waals surface area contributed by atoms with Gasteiger partial charge in [0.15, 0.2) is 0 Å². The Balaban J connectivity index is 2.18. The minimum atomic E-state index is -0.381. The van der Waals surface area contributed by atoms with Crippen LogP contribution in [0.3, 0.4) is 0 Å². The summed E-state index contributed by atoms with van der Waals surface area (Å²) in [5.41, 5.74) is 1.56. The van der Waals surface area contributed by atoms with Crippen LogP contribution in [0.1, 0.15) is 22.3 Å². The minimum Gasteiger partial charge on any atom is -0.391 e. The van der Waals surface area contributed by atoms with Crippen molar-refractivity contribution in [2.24, 2.45) is 0 Å². The van der Waals surface area contributed by atoms with Crippen molar-refractivity contribution in [1.82, 2.24) is 4.90 Å². The second kappa shape index (κ2) is 5.29. The number of hydrogen-bond donors (Lipinski definition) is 1. The van der Waals surface area contributed by atoms with Crippen LogP contribution in [0, 0.1) is 0 Å². The molecule has 1 unspecified atom stereocenters. The molecule has 4 nitrogen and oxygen atoms in total. The van der Waals surface area contributed by atoms with E-state index in [0.29, 0.717) is 31.7 Å². The predicted octanol–water partition coefficient (Wildman–Crippen LogP) is 1.04. The van der Waals surface area contributed by atoms with Gasteiger partial charge in [0.25, 0.3) is 5.91 Å². The molecule has 1 aromatic carbocycles. The molecule has 1 aromatic rings. The Morgan fingerprint density at radius 3 is 2.94 bits per heavy atom. The van der Waals surface area contributed by atoms with Gasteiger partial charge >= 0.3 is 0 Å². The van der Waals surface area contributed by atoms with Gasteiger partial charge in [-0.05, 0) is 18.1 Å². The minimum absolute atomic E-state index is 0.0193. The standard InChI is InChI=1S/C13H17NO3/c1-17-9-10-4-2-3-5-12(10)13(16)14-7-6-11(15)8-14/h2-5,11,15H,6-9H2,1H3. The highest BCUT2D eigenvalue weighted by Crippen LogP contribution is 2.17. The van der Waals surface area contributed by atoms with E-state index in [1.54, 1.807) is 18.1 Å². The van der Waals surface area contributed by atoms with Crippen molar-refractivity contribution in [3.8, 4) is 0 Å². The zero-order valence-electron chi connectivity index (χ0n) is 9.93. The van der Waals surface area contributed by atoms with Crippen LogP contribution in [0.2, 0.25) is 0 Å². The molecule has 1 N–H and O–H groups in total. The summed E-state index contributed by atoms with van der Waals surface area (Å²) in [4.78, 5) is 13.9. The monoisotopic (exact) mass is 235 g/mol. The first-order valence-corrected chi connectivity index (χ1v) is 5.76. The van der Waals surface area contributed by atoms with E-state index in [-0.39, 0.29) is 12.0 Å². The zero-order chi connectivity index (χ0) is 12.3. The summed E-state index contributed by atoms with van der Waals surface area (Å²) >= 11 is 0. The molecule has 0 bridgehead atoms. The third-order valence-corrected chi connectivity index (χ3v) is 3.00. The second-order valence-electron chi connectivity index (χ2n) is 4.28. The maximum absolute atomic E-state index is 12.2. The Morgan fingerprint density at radius 2 is 2.29 bits per heavy atom. The summed E-state index contributed by atoms with van der Waals surface area (Å²) in [5.74, 6) is -0.0193. The number of ether oxygens (including phenoxy) is 1.